The lowest BCUT2D eigenvalue weighted by molar-refractivity contribution is -0.154. The number of pyridine rings is 1. The zero-order valence-corrected chi connectivity index (χ0v) is 21.6. The van der Waals surface area contributed by atoms with Crippen molar-refractivity contribution in [3.63, 3.8) is 0 Å². The number of esters is 2. The largest absolute Gasteiger partial charge is 0.493 e. The first-order valence-corrected chi connectivity index (χ1v) is 12.8. The number of aromatic nitrogens is 1. The highest BCUT2D eigenvalue weighted by Crippen LogP contribution is 2.41. The van der Waals surface area contributed by atoms with E-state index >= 15 is 0 Å². The van der Waals surface area contributed by atoms with Crippen molar-refractivity contribution in [2.45, 2.75) is 76.9 Å². The van der Waals surface area contributed by atoms with Gasteiger partial charge in [-0.05, 0) is 61.8 Å². The van der Waals surface area contributed by atoms with Crippen molar-refractivity contribution in [1.29, 1.82) is 0 Å². The van der Waals surface area contributed by atoms with Gasteiger partial charge in [0.2, 0.25) is 5.75 Å². The van der Waals surface area contributed by atoms with Crippen molar-refractivity contribution >= 4 is 17.8 Å². The molecule has 1 fully saturated rings. The Kier molecular flexibility index (Phi) is 7.80. The summed E-state index contributed by atoms with van der Waals surface area (Å²) in [5, 5.41) is 2.76. The number of rotatable bonds is 9. The van der Waals surface area contributed by atoms with Crippen LogP contribution in [-0.4, -0.2) is 41.6 Å². The summed E-state index contributed by atoms with van der Waals surface area (Å²) in [5.41, 5.74) is 0.582. The average molecular weight is 513 g/mol. The second kappa shape index (κ2) is 10.9. The van der Waals surface area contributed by atoms with E-state index in [0.717, 1.165) is 11.1 Å². The number of carbonyl (C=O) groups excluding carboxylic acids is 3. The van der Waals surface area contributed by atoms with Crippen molar-refractivity contribution < 1.29 is 33.0 Å². The van der Waals surface area contributed by atoms with Gasteiger partial charge >= 0.3 is 11.9 Å². The molecule has 2 atom stereocenters. The van der Waals surface area contributed by atoms with Crippen molar-refractivity contribution in [3.8, 4) is 11.5 Å². The highest BCUT2D eigenvalue weighted by molar-refractivity contribution is 6.01. The van der Waals surface area contributed by atoms with Crippen molar-refractivity contribution in [2.75, 3.05) is 7.11 Å². The van der Waals surface area contributed by atoms with Crippen LogP contribution in [0.25, 0.3) is 0 Å². The fraction of sp³-hybridized carbons (Fsp3) is 0.500. The second-order valence-corrected chi connectivity index (χ2v) is 9.78. The first kappa shape index (κ1) is 26.6. The van der Waals surface area contributed by atoms with E-state index in [2.05, 4.69) is 10.3 Å². The summed E-state index contributed by atoms with van der Waals surface area (Å²) in [4.78, 5) is 43.3. The van der Waals surface area contributed by atoms with Gasteiger partial charge in [0.05, 0.1) is 13.0 Å². The molecule has 9 heteroatoms. The van der Waals surface area contributed by atoms with Gasteiger partial charge in [-0.1, -0.05) is 26.8 Å². The summed E-state index contributed by atoms with van der Waals surface area (Å²) in [6.45, 7) is 5.72. The monoisotopic (exact) mass is 512 g/mol. The fourth-order valence-corrected chi connectivity index (χ4v) is 4.83. The Hall–Kier alpha value is -3.49. The number of benzene rings is 1. The van der Waals surface area contributed by atoms with Crippen LogP contribution in [0.4, 0.5) is 4.39 Å². The molecule has 0 spiro atoms. The topological polar surface area (TPSA) is 104 Å². The first-order valence-electron chi connectivity index (χ1n) is 12.8. The molecule has 1 heterocycles. The minimum absolute atomic E-state index is 0.0756. The molecule has 0 aliphatic heterocycles. The molecule has 0 saturated heterocycles. The average Bonchev–Trinajstić information content (AvgIpc) is 3.67. The maximum atomic E-state index is 13.6. The predicted octanol–water partition coefficient (Wildman–Crippen LogP) is 4.50. The molecule has 2 aromatic rings. The lowest BCUT2D eigenvalue weighted by Gasteiger charge is -2.32. The van der Waals surface area contributed by atoms with Crippen LogP contribution >= 0.6 is 0 Å². The standard InChI is InChI=1S/C28H33FN2O6/c1-5-17(6-2)26(33)37-24-22(35-4)11-14-30-23(24)25(32)31-28(12-13-28)27(34)36-21-10-7-18-15-19(29)8-9-20(18)16(21)3/h8-9,11,14-17,21H,5-7,10,12-13H2,1-4H3,(H,31,32). The van der Waals surface area contributed by atoms with Gasteiger partial charge in [-0.25, -0.2) is 14.2 Å². The van der Waals surface area contributed by atoms with Gasteiger partial charge in [0, 0.05) is 18.2 Å². The number of nitrogens with zero attached hydrogens (tertiary/aromatic N) is 1. The van der Waals surface area contributed by atoms with Crippen molar-refractivity contribution in [2.24, 2.45) is 5.92 Å². The number of amides is 1. The van der Waals surface area contributed by atoms with Crippen LogP contribution in [0, 0.1) is 11.7 Å². The normalized spacial score (nSPS) is 19.5. The smallest absolute Gasteiger partial charge is 0.332 e. The molecule has 0 bridgehead atoms. The number of methoxy groups -OCH3 is 1. The Bertz CT molecular complexity index is 1190. The van der Waals surface area contributed by atoms with Crippen LogP contribution in [0.15, 0.2) is 30.5 Å². The second-order valence-electron chi connectivity index (χ2n) is 9.78. The van der Waals surface area contributed by atoms with E-state index in [-0.39, 0.29) is 40.9 Å². The molecule has 1 N–H and O–H groups in total. The van der Waals surface area contributed by atoms with Crippen LogP contribution in [-0.2, 0) is 20.7 Å². The maximum Gasteiger partial charge on any atom is 0.332 e. The fourth-order valence-electron chi connectivity index (χ4n) is 4.83. The molecule has 1 aromatic heterocycles. The summed E-state index contributed by atoms with van der Waals surface area (Å²) in [5.74, 6) is -2.23. The van der Waals surface area contributed by atoms with E-state index in [1.807, 2.05) is 20.8 Å². The molecular weight excluding hydrogens is 479 g/mol. The molecule has 2 aliphatic rings. The summed E-state index contributed by atoms with van der Waals surface area (Å²) in [6, 6.07) is 6.18. The minimum Gasteiger partial charge on any atom is -0.493 e. The van der Waals surface area contributed by atoms with Crippen LogP contribution in [0.1, 0.15) is 80.4 Å². The lowest BCUT2D eigenvalue weighted by atomic mass is 9.81. The predicted molar refractivity (Wildman–Crippen MR) is 133 cm³/mol. The van der Waals surface area contributed by atoms with E-state index in [0.29, 0.717) is 38.5 Å². The van der Waals surface area contributed by atoms with E-state index in [4.69, 9.17) is 14.2 Å². The lowest BCUT2D eigenvalue weighted by Crippen LogP contribution is -2.46. The van der Waals surface area contributed by atoms with Crippen LogP contribution in [0.3, 0.4) is 0 Å². The summed E-state index contributed by atoms with van der Waals surface area (Å²) in [6.07, 6.45) is 4.20. The number of aryl methyl sites for hydroxylation is 1. The number of carbonyl (C=O) groups is 3. The molecule has 2 unspecified atom stereocenters. The van der Waals surface area contributed by atoms with Gasteiger partial charge in [0.15, 0.2) is 11.4 Å². The van der Waals surface area contributed by atoms with E-state index in [9.17, 15) is 18.8 Å². The Morgan fingerprint density at radius 3 is 2.57 bits per heavy atom. The highest BCUT2D eigenvalue weighted by atomic mass is 19.1. The highest BCUT2D eigenvalue weighted by Gasteiger charge is 2.54. The maximum absolute atomic E-state index is 13.6. The number of fused-ring (bicyclic) bond motifs is 1. The van der Waals surface area contributed by atoms with E-state index in [1.54, 1.807) is 6.07 Å². The number of hydrogen-bond donors (Lipinski definition) is 1. The zero-order chi connectivity index (χ0) is 26.7. The third kappa shape index (κ3) is 5.45. The van der Waals surface area contributed by atoms with Gasteiger partial charge < -0.3 is 19.5 Å². The molecule has 4 rings (SSSR count). The van der Waals surface area contributed by atoms with Gasteiger partial charge in [0.25, 0.3) is 5.91 Å². The molecule has 2 aliphatic carbocycles. The van der Waals surface area contributed by atoms with E-state index in [1.165, 1.54) is 31.5 Å². The third-order valence-corrected chi connectivity index (χ3v) is 7.43. The van der Waals surface area contributed by atoms with Gasteiger partial charge in [-0.15, -0.1) is 0 Å². The molecular formula is C28H33FN2O6. The molecule has 198 valence electrons. The van der Waals surface area contributed by atoms with Crippen LogP contribution in [0.2, 0.25) is 0 Å². The van der Waals surface area contributed by atoms with Gasteiger partial charge in [-0.2, -0.15) is 0 Å². The third-order valence-electron chi connectivity index (χ3n) is 7.43. The number of nitrogens with one attached hydrogen (secondary N) is 1. The van der Waals surface area contributed by atoms with E-state index < -0.39 is 23.4 Å². The number of halogens is 1. The Balaban J connectivity index is 1.48. The molecule has 1 saturated carbocycles. The number of hydrogen-bond acceptors (Lipinski definition) is 7. The summed E-state index contributed by atoms with van der Waals surface area (Å²) in [7, 11) is 1.41. The van der Waals surface area contributed by atoms with Gasteiger partial charge in [-0.3, -0.25) is 9.59 Å². The quantitative estimate of drug-likeness (QED) is 0.494. The Morgan fingerprint density at radius 1 is 1.19 bits per heavy atom. The minimum atomic E-state index is -1.17. The molecule has 1 aromatic carbocycles. The van der Waals surface area contributed by atoms with Gasteiger partial charge in [0.1, 0.15) is 17.5 Å². The number of ether oxygens (including phenoxy) is 3. The summed E-state index contributed by atoms with van der Waals surface area (Å²) >= 11 is 0. The van der Waals surface area contributed by atoms with Crippen molar-refractivity contribution in [3.05, 3.63) is 53.1 Å². The first-order chi connectivity index (χ1) is 17.7. The molecule has 1 amide bonds. The SMILES string of the molecule is CCC(CC)C(=O)Oc1c(OC)ccnc1C(=O)NC1(C(=O)OC2CCc3cc(F)ccc3C2C)CC1. The van der Waals surface area contributed by atoms with Crippen LogP contribution < -0.4 is 14.8 Å². The molecule has 8 nitrogen and oxygen atoms in total. The Morgan fingerprint density at radius 2 is 1.92 bits per heavy atom. The van der Waals surface area contributed by atoms with Crippen LogP contribution in [0.5, 0.6) is 11.5 Å². The molecule has 37 heavy (non-hydrogen) atoms. The Labute approximate surface area is 215 Å². The summed E-state index contributed by atoms with van der Waals surface area (Å²) < 4.78 is 30.4. The molecule has 0 radical (unpaired) electrons. The van der Waals surface area contributed by atoms with Crippen molar-refractivity contribution in [1.82, 2.24) is 10.3 Å². The zero-order valence-electron chi connectivity index (χ0n) is 21.6.